The first kappa shape index (κ1) is 17.0. The number of halogens is 2. The second-order valence-corrected chi connectivity index (χ2v) is 6.06. The molecule has 0 aliphatic rings. The Hall–Kier alpha value is -2.84. The van der Waals surface area contributed by atoms with Gasteiger partial charge in [0, 0.05) is 13.2 Å². The van der Waals surface area contributed by atoms with Crippen molar-refractivity contribution < 1.29 is 13.6 Å². The van der Waals surface area contributed by atoms with Gasteiger partial charge in [-0.15, -0.1) is 10.2 Å². The van der Waals surface area contributed by atoms with E-state index in [1.165, 1.54) is 7.05 Å². The molecule has 0 aromatic carbocycles. The molecule has 3 rings (SSSR count). The second kappa shape index (κ2) is 6.58. The number of nitrogens with one attached hydrogen (secondary N) is 1. The summed E-state index contributed by atoms with van der Waals surface area (Å²) in [6.07, 6.45) is -0.887. The number of fused-ring (bicyclic) bond motifs is 1. The van der Waals surface area contributed by atoms with Crippen LogP contribution in [0.3, 0.4) is 0 Å². The van der Waals surface area contributed by atoms with Gasteiger partial charge in [0.05, 0.1) is 6.04 Å². The van der Waals surface area contributed by atoms with Crippen molar-refractivity contribution in [1.29, 1.82) is 0 Å². The van der Waals surface area contributed by atoms with Crippen LogP contribution >= 0.6 is 0 Å². The summed E-state index contributed by atoms with van der Waals surface area (Å²) in [6, 6.07) is 6.15. The third kappa shape index (κ3) is 3.21. The van der Waals surface area contributed by atoms with Crippen molar-refractivity contribution in [2.24, 2.45) is 13.0 Å². The SMILES string of the molecule is CC(C)C(NC(=O)c1cc(C(F)F)n(C)n1)c1nnc2ccccn12. The fourth-order valence-corrected chi connectivity index (χ4v) is 2.61. The first-order chi connectivity index (χ1) is 11.9. The molecule has 1 amide bonds. The summed E-state index contributed by atoms with van der Waals surface area (Å²) < 4.78 is 28.6. The van der Waals surface area contributed by atoms with Crippen LogP contribution in [0.5, 0.6) is 0 Å². The molecule has 0 saturated heterocycles. The highest BCUT2D eigenvalue weighted by Crippen LogP contribution is 2.23. The van der Waals surface area contributed by atoms with E-state index in [9.17, 15) is 13.6 Å². The standard InChI is InChI=1S/C16H18F2N6O/c1-9(2)13(15-21-20-12-6-4-5-7-24(12)15)19-16(25)10-8-11(14(17)18)23(3)22-10/h4-9,13-14H,1-3H3,(H,19,25). The molecule has 0 radical (unpaired) electrons. The Bertz CT molecular complexity index is 901. The van der Waals surface area contributed by atoms with E-state index in [0.29, 0.717) is 11.5 Å². The molecule has 0 bridgehead atoms. The number of hydrogen-bond donors (Lipinski definition) is 1. The zero-order valence-electron chi connectivity index (χ0n) is 14.0. The molecule has 25 heavy (non-hydrogen) atoms. The van der Waals surface area contributed by atoms with E-state index in [-0.39, 0.29) is 17.3 Å². The van der Waals surface area contributed by atoms with Gasteiger partial charge in [0.1, 0.15) is 5.69 Å². The number of hydrogen-bond acceptors (Lipinski definition) is 4. The lowest BCUT2D eigenvalue weighted by Crippen LogP contribution is -2.33. The van der Waals surface area contributed by atoms with Crippen LogP contribution in [0.15, 0.2) is 30.5 Å². The zero-order valence-corrected chi connectivity index (χ0v) is 14.0. The number of aryl methyl sites for hydroxylation is 1. The number of aromatic nitrogens is 5. The van der Waals surface area contributed by atoms with Gasteiger partial charge in [-0.2, -0.15) is 5.10 Å². The number of carbonyl (C=O) groups excluding carboxylic acids is 1. The monoisotopic (exact) mass is 348 g/mol. The van der Waals surface area contributed by atoms with Gasteiger partial charge in [0.2, 0.25) is 0 Å². The van der Waals surface area contributed by atoms with Crippen LogP contribution in [0.2, 0.25) is 0 Å². The number of pyridine rings is 1. The summed E-state index contributed by atoms with van der Waals surface area (Å²) in [5.74, 6) is 0.0488. The third-order valence-electron chi connectivity index (χ3n) is 3.94. The van der Waals surface area contributed by atoms with Crippen molar-refractivity contribution in [3.05, 3.63) is 47.7 Å². The largest absolute Gasteiger partial charge is 0.340 e. The highest BCUT2D eigenvalue weighted by molar-refractivity contribution is 5.92. The van der Waals surface area contributed by atoms with Crippen LogP contribution in [-0.4, -0.2) is 30.3 Å². The van der Waals surface area contributed by atoms with E-state index in [1.807, 2.05) is 38.2 Å². The molecular formula is C16H18F2N6O. The third-order valence-corrected chi connectivity index (χ3v) is 3.94. The van der Waals surface area contributed by atoms with Gasteiger partial charge in [-0.05, 0) is 24.1 Å². The predicted molar refractivity (Wildman–Crippen MR) is 86.2 cm³/mol. The molecular weight excluding hydrogens is 330 g/mol. The normalized spacial score (nSPS) is 12.9. The molecule has 3 aromatic heterocycles. The Morgan fingerprint density at radius 1 is 1.24 bits per heavy atom. The number of amides is 1. The number of alkyl halides is 2. The van der Waals surface area contributed by atoms with Crippen molar-refractivity contribution >= 4 is 11.6 Å². The minimum atomic E-state index is -2.69. The van der Waals surface area contributed by atoms with Gasteiger partial charge in [-0.3, -0.25) is 13.9 Å². The molecule has 0 fully saturated rings. The van der Waals surface area contributed by atoms with Crippen LogP contribution in [0.4, 0.5) is 8.78 Å². The maximum Gasteiger partial charge on any atom is 0.280 e. The Balaban J connectivity index is 1.90. The van der Waals surface area contributed by atoms with Crippen LogP contribution in [0.25, 0.3) is 5.65 Å². The summed E-state index contributed by atoms with van der Waals surface area (Å²) >= 11 is 0. The molecule has 3 heterocycles. The molecule has 9 heteroatoms. The second-order valence-electron chi connectivity index (χ2n) is 6.06. The summed E-state index contributed by atoms with van der Waals surface area (Å²) in [4.78, 5) is 12.5. The molecule has 0 saturated carbocycles. The predicted octanol–water partition coefficient (Wildman–Crippen LogP) is 2.53. The summed E-state index contributed by atoms with van der Waals surface area (Å²) in [6.45, 7) is 3.86. The average molecular weight is 348 g/mol. The molecule has 1 N–H and O–H groups in total. The average Bonchev–Trinajstić information content (AvgIpc) is 3.16. The van der Waals surface area contributed by atoms with E-state index in [2.05, 4.69) is 20.6 Å². The van der Waals surface area contributed by atoms with E-state index in [4.69, 9.17) is 0 Å². The quantitative estimate of drug-likeness (QED) is 0.769. The van der Waals surface area contributed by atoms with Gasteiger partial charge in [0.15, 0.2) is 17.2 Å². The van der Waals surface area contributed by atoms with Gasteiger partial charge in [-0.1, -0.05) is 19.9 Å². The topological polar surface area (TPSA) is 77.1 Å². The lowest BCUT2D eigenvalue weighted by atomic mass is 10.0. The Morgan fingerprint density at radius 2 is 2.00 bits per heavy atom. The van der Waals surface area contributed by atoms with Crippen LogP contribution in [0, 0.1) is 5.92 Å². The van der Waals surface area contributed by atoms with Crippen LogP contribution < -0.4 is 5.32 Å². The minimum absolute atomic E-state index is 0.00911. The van der Waals surface area contributed by atoms with Crippen molar-refractivity contribution in [3.8, 4) is 0 Å². The molecule has 0 aliphatic heterocycles. The van der Waals surface area contributed by atoms with E-state index in [0.717, 1.165) is 10.7 Å². The van der Waals surface area contributed by atoms with E-state index < -0.39 is 18.4 Å². The van der Waals surface area contributed by atoms with Gasteiger partial charge in [-0.25, -0.2) is 8.78 Å². The molecule has 132 valence electrons. The minimum Gasteiger partial charge on any atom is -0.340 e. The summed E-state index contributed by atoms with van der Waals surface area (Å²) in [7, 11) is 1.38. The smallest absolute Gasteiger partial charge is 0.280 e. The Kier molecular flexibility index (Phi) is 4.47. The Morgan fingerprint density at radius 3 is 2.64 bits per heavy atom. The van der Waals surface area contributed by atoms with Crippen molar-refractivity contribution in [1.82, 2.24) is 29.7 Å². The maximum absolute atomic E-state index is 12.9. The first-order valence-electron chi connectivity index (χ1n) is 7.81. The summed E-state index contributed by atoms with van der Waals surface area (Å²) in [5.41, 5.74) is 0.298. The number of nitrogens with zero attached hydrogens (tertiary/aromatic N) is 5. The van der Waals surface area contributed by atoms with Crippen molar-refractivity contribution in [2.45, 2.75) is 26.3 Å². The highest BCUT2D eigenvalue weighted by atomic mass is 19.3. The van der Waals surface area contributed by atoms with Crippen LogP contribution in [-0.2, 0) is 7.05 Å². The fraction of sp³-hybridized carbons (Fsp3) is 0.375. The first-order valence-corrected chi connectivity index (χ1v) is 7.81. The van der Waals surface area contributed by atoms with Crippen molar-refractivity contribution in [2.75, 3.05) is 0 Å². The number of carbonyl (C=O) groups is 1. The molecule has 3 aromatic rings. The lowest BCUT2D eigenvalue weighted by molar-refractivity contribution is 0.0917. The van der Waals surface area contributed by atoms with Gasteiger partial charge < -0.3 is 5.32 Å². The van der Waals surface area contributed by atoms with Gasteiger partial charge in [0.25, 0.3) is 12.3 Å². The fourth-order valence-electron chi connectivity index (χ4n) is 2.61. The molecule has 0 spiro atoms. The summed E-state index contributed by atoms with van der Waals surface area (Å²) in [5, 5.41) is 14.9. The van der Waals surface area contributed by atoms with E-state index in [1.54, 1.807) is 4.40 Å². The maximum atomic E-state index is 12.9. The van der Waals surface area contributed by atoms with Crippen molar-refractivity contribution in [3.63, 3.8) is 0 Å². The zero-order chi connectivity index (χ0) is 18.1. The highest BCUT2D eigenvalue weighted by Gasteiger charge is 2.26. The molecule has 1 unspecified atom stereocenters. The number of rotatable bonds is 5. The van der Waals surface area contributed by atoms with E-state index >= 15 is 0 Å². The van der Waals surface area contributed by atoms with Gasteiger partial charge >= 0.3 is 0 Å². The lowest BCUT2D eigenvalue weighted by Gasteiger charge is -2.20. The molecule has 1 atom stereocenters. The van der Waals surface area contributed by atoms with Crippen LogP contribution in [0.1, 0.15) is 48.3 Å². The Labute approximate surface area is 142 Å². The molecule has 0 aliphatic carbocycles. The molecule has 7 nitrogen and oxygen atoms in total.